The number of rotatable bonds is 6. The molecule has 0 saturated heterocycles. The van der Waals surface area contributed by atoms with Gasteiger partial charge >= 0.3 is 0 Å². The molecule has 0 spiro atoms. The van der Waals surface area contributed by atoms with E-state index in [1.165, 1.54) is 0 Å². The fraction of sp³-hybridized carbons (Fsp3) is 0.391. The number of amides is 1. The molecule has 1 aromatic carbocycles. The average molecular weight is 427 g/mol. The van der Waals surface area contributed by atoms with Crippen molar-refractivity contribution in [3.05, 3.63) is 60.1 Å². The van der Waals surface area contributed by atoms with Gasteiger partial charge in [0.15, 0.2) is 21.2 Å². The van der Waals surface area contributed by atoms with Gasteiger partial charge in [-0.15, -0.1) is 0 Å². The van der Waals surface area contributed by atoms with Crippen molar-refractivity contribution in [2.75, 3.05) is 0 Å². The SMILES string of the molecule is CCC1CCCC(S(=O)(=O)c2ccc(CNC(=O)c3cc4ccncc4o3)cc2)C1. The summed E-state index contributed by atoms with van der Waals surface area (Å²) in [6.45, 7) is 2.42. The molecule has 158 valence electrons. The number of hydrogen-bond donors (Lipinski definition) is 1. The van der Waals surface area contributed by atoms with E-state index in [0.717, 1.165) is 43.1 Å². The van der Waals surface area contributed by atoms with Gasteiger partial charge in [-0.05, 0) is 48.6 Å². The summed E-state index contributed by atoms with van der Waals surface area (Å²) < 4.78 is 31.5. The van der Waals surface area contributed by atoms with Crippen molar-refractivity contribution >= 4 is 26.7 Å². The summed E-state index contributed by atoms with van der Waals surface area (Å²) in [7, 11) is -3.32. The monoisotopic (exact) mass is 426 g/mol. The molecule has 0 bridgehead atoms. The van der Waals surface area contributed by atoms with Crippen molar-refractivity contribution in [3.8, 4) is 0 Å². The summed E-state index contributed by atoms with van der Waals surface area (Å²) in [5.41, 5.74) is 1.39. The molecule has 2 atom stereocenters. The van der Waals surface area contributed by atoms with E-state index < -0.39 is 9.84 Å². The van der Waals surface area contributed by atoms with E-state index in [-0.39, 0.29) is 23.5 Å². The van der Waals surface area contributed by atoms with Crippen molar-refractivity contribution in [1.29, 1.82) is 0 Å². The lowest BCUT2D eigenvalue weighted by Gasteiger charge is -2.28. The van der Waals surface area contributed by atoms with Gasteiger partial charge in [0.1, 0.15) is 0 Å². The van der Waals surface area contributed by atoms with Crippen LogP contribution >= 0.6 is 0 Å². The molecule has 3 aromatic rings. The summed E-state index contributed by atoms with van der Waals surface area (Å²) in [5.74, 6) is 0.401. The molecule has 1 fully saturated rings. The zero-order valence-corrected chi connectivity index (χ0v) is 17.8. The molecule has 1 N–H and O–H groups in total. The van der Waals surface area contributed by atoms with Gasteiger partial charge in [0.2, 0.25) is 0 Å². The molecule has 1 aliphatic carbocycles. The van der Waals surface area contributed by atoms with Crippen LogP contribution in [0.3, 0.4) is 0 Å². The molecular weight excluding hydrogens is 400 g/mol. The van der Waals surface area contributed by atoms with E-state index in [1.807, 2.05) is 0 Å². The summed E-state index contributed by atoms with van der Waals surface area (Å²) in [5, 5.41) is 3.34. The van der Waals surface area contributed by atoms with Gasteiger partial charge in [-0.3, -0.25) is 9.78 Å². The number of benzene rings is 1. The number of sulfone groups is 1. The number of nitrogens with one attached hydrogen (secondary N) is 1. The van der Waals surface area contributed by atoms with Crippen LogP contribution in [-0.2, 0) is 16.4 Å². The molecule has 2 heterocycles. The van der Waals surface area contributed by atoms with Gasteiger partial charge < -0.3 is 9.73 Å². The van der Waals surface area contributed by atoms with Gasteiger partial charge in [0, 0.05) is 18.1 Å². The third-order valence-corrected chi connectivity index (χ3v) is 8.24. The molecule has 1 aliphatic rings. The fourth-order valence-electron chi connectivity index (χ4n) is 4.15. The zero-order chi connectivity index (χ0) is 21.1. The highest BCUT2D eigenvalue weighted by Crippen LogP contribution is 2.33. The highest BCUT2D eigenvalue weighted by Gasteiger charge is 2.32. The largest absolute Gasteiger partial charge is 0.449 e. The minimum absolute atomic E-state index is 0.222. The maximum Gasteiger partial charge on any atom is 0.287 e. The lowest BCUT2D eigenvalue weighted by Crippen LogP contribution is -2.28. The summed E-state index contributed by atoms with van der Waals surface area (Å²) >= 11 is 0. The molecule has 6 nitrogen and oxygen atoms in total. The van der Waals surface area contributed by atoms with Gasteiger partial charge in [-0.2, -0.15) is 0 Å². The van der Waals surface area contributed by atoms with Crippen LogP contribution in [0.4, 0.5) is 0 Å². The first-order valence-corrected chi connectivity index (χ1v) is 12.0. The minimum atomic E-state index is -3.32. The number of furan rings is 1. The topological polar surface area (TPSA) is 89.3 Å². The Balaban J connectivity index is 1.40. The van der Waals surface area contributed by atoms with Crippen LogP contribution in [0.25, 0.3) is 11.0 Å². The molecule has 30 heavy (non-hydrogen) atoms. The first-order valence-electron chi connectivity index (χ1n) is 10.4. The lowest BCUT2D eigenvalue weighted by molar-refractivity contribution is 0.0925. The number of nitrogens with zero attached hydrogens (tertiary/aromatic N) is 1. The van der Waals surface area contributed by atoms with Crippen molar-refractivity contribution in [3.63, 3.8) is 0 Å². The highest BCUT2D eigenvalue weighted by atomic mass is 32.2. The third kappa shape index (κ3) is 4.26. The van der Waals surface area contributed by atoms with Gasteiger partial charge in [-0.1, -0.05) is 38.3 Å². The number of aromatic nitrogens is 1. The van der Waals surface area contributed by atoms with Gasteiger partial charge in [0.05, 0.1) is 16.3 Å². The van der Waals surface area contributed by atoms with Crippen LogP contribution in [0.1, 0.15) is 55.1 Å². The predicted octanol–water partition coefficient (Wildman–Crippen LogP) is 4.50. The molecule has 7 heteroatoms. The normalized spacial score (nSPS) is 19.6. The van der Waals surface area contributed by atoms with Crippen molar-refractivity contribution in [1.82, 2.24) is 10.3 Å². The summed E-state index contributed by atoms with van der Waals surface area (Å²) in [6.07, 6.45) is 7.85. The Hall–Kier alpha value is -2.67. The van der Waals surface area contributed by atoms with E-state index >= 15 is 0 Å². The number of hydrogen-bond acceptors (Lipinski definition) is 5. The first-order chi connectivity index (χ1) is 14.5. The van der Waals surface area contributed by atoms with Crippen LogP contribution in [0.15, 0.2) is 58.1 Å². The van der Waals surface area contributed by atoms with Crippen LogP contribution < -0.4 is 5.32 Å². The van der Waals surface area contributed by atoms with E-state index in [1.54, 1.807) is 48.8 Å². The van der Waals surface area contributed by atoms with E-state index in [2.05, 4.69) is 17.2 Å². The average Bonchev–Trinajstić information content (AvgIpc) is 3.22. The molecule has 0 radical (unpaired) electrons. The second kappa shape index (κ2) is 8.60. The van der Waals surface area contributed by atoms with Crippen LogP contribution in [0.5, 0.6) is 0 Å². The molecular formula is C23H26N2O4S. The first kappa shape index (κ1) is 20.6. The van der Waals surface area contributed by atoms with Gasteiger partial charge in [0.25, 0.3) is 5.91 Å². The Kier molecular flexibility index (Phi) is 5.90. The maximum absolute atomic E-state index is 13.0. The smallest absolute Gasteiger partial charge is 0.287 e. The number of pyridine rings is 1. The molecule has 2 unspecified atom stereocenters. The zero-order valence-electron chi connectivity index (χ0n) is 17.0. The van der Waals surface area contributed by atoms with E-state index in [9.17, 15) is 13.2 Å². The van der Waals surface area contributed by atoms with Crippen LogP contribution in [0.2, 0.25) is 0 Å². The molecule has 2 aromatic heterocycles. The summed E-state index contributed by atoms with van der Waals surface area (Å²) in [6, 6.07) is 10.3. The second-order valence-corrected chi connectivity index (χ2v) is 10.2. The molecule has 0 aliphatic heterocycles. The van der Waals surface area contributed by atoms with Crippen molar-refractivity contribution in [2.24, 2.45) is 5.92 Å². The Morgan fingerprint density at radius 1 is 1.20 bits per heavy atom. The molecule has 1 saturated carbocycles. The van der Waals surface area contributed by atoms with Gasteiger partial charge in [-0.25, -0.2) is 8.42 Å². The molecule has 1 amide bonds. The van der Waals surface area contributed by atoms with Crippen LogP contribution in [0, 0.1) is 5.92 Å². The lowest BCUT2D eigenvalue weighted by atomic mass is 9.87. The highest BCUT2D eigenvalue weighted by molar-refractivity contribution is 7.92. The van der Waals surface area contributed by atoms with Crippen LogP contribution in [-0.4, -0.2) is 24.6 Å². The number of fused-ring (bicyclic) bond motifs is 1. The Morgan fingerprint density at radius 3 is 2.73 bits per heavy atom. The standard InChI is InChI=1S/C23H26N2O4S/c1-2-16-4-3-5-20(12-16)30(27,28)19-8-6-17(7-9-19)14-25-23(26)21-13-18-10-11-24-15-22(18)29-21/h6-11,13,15-16,20H,2-5,12,14H2,1H3,(H,25,26). The second-order valence-electron chi connectivity index (χ2n) is 7.96. The predicted molar refractivity (Wildman–Crippen MR) is 115 cm³/mol. The van der Waals surface area contributed by atoms with E-state index in [4.69, 9.17) is 4.42 Å². The Morgan fingerprint density at radius 2 is 2.00 bits per heavy atom. The Labute approximate surface area is 176 Å². The number of carbonyl (C=O) groups is 1. The molecule has 4 rings (SSSR count). The van der Waals surface area contributed by atoms with Crippen molar-refractivity contribution < 1.29 is 17.6 Å². The Bertz CT molecular complexity index is 1100. The fourth-order valence-corrected chi connectivity index (χ4v) is 6.05. The third-order valence-electron chi connectivity index (χ3n) is 6.00. The number of carbonyl (C=O) groups excluding carboxylic acids is 1. The summed E-state index contributed by atoms with van der Waals surface area (Å²) in [4.78, 5) is 16.7. The minimum Gasteiger partial charge on any atom is -0.449 e. The van der Waals surface area contributed by atoms with E-state index in [0.29, 0.717) is 16.4 Å². The quantitative estimate of drug-likeness (QED) is 0.627. The maximum atomic E-state index is 13.0. The van der Waals surface area contributed by atoms with Crippen molar-refractivity contribution in [2.45, 2.75) is 55.7 Å².